The van der Waals surface area contributed by atoms with Gasteiger partial charge in [0, 0.05) is 43.7 Å². The SMILES string of the molecule is CC(C)c1nc(-c2ccc(F)c(NS(=O)(=O)c3cn(C)cn3)c2)c(-c2ccnc(NCCCS(C)(=O)=O)n2)s1. The van der Waals surface area contributed by atoms with Crippen LogP contribution in [0.4, 0.5) is 16.0 Å². The summed E-state index contributed by atoms with van der Waals surface area (Å²) in [5, 5.41) is 3.63. The number of aryl methyl sites for hydroxylation is 1. The first-order chi connectivity index (χ1) is 18.3. The fraction of sp³-hybridized carbons (Fsp3) is 0.333. The maximum absolute atomic E-state index is 14.7. The van der Waals surface area contributed by atoms with Crippen molar-refractivity contribution in [2.75, 3.05) is 28.6 Å². The Labute approximate surface area is 230 Å². The van der Waals surface area contributed by atoms with E-state index in [1.165, 1.54) is 52.9 Å². The third-order valence-electron chi connectivity index (χ3n) is 5.44. The fourth-order valence-corrected chi connectivity index (χ4v) is 6.30. The molecule has 0 saturated heterocycles. The minimum Gasteiger partial charge on any atom is -0.354 e. The van der Waals surface area contributed by atoms with Crippen LogP contribution in [0.5, 0.6) is 0 Å². The van der Waals surface area contributed by atoms with Crippen molar-refractivity contribution < 1.29 is 21.2 Å². The highest BCUT2D eigenvalue weighted by Crippen LogP contribution is 2.39. The van der Waals surface area contributed by atoms with E-state index < -0.39 is 25.7 Å². The van der Waals surface area contributed by atoms with Crippen LogP contribution in [0, 0.1) is 5.82 Å². The zero-order valence-corrected chi connectivity index (χ0v) is 24.2. The van der Waals surface area contributed by atoms with E-state index in [4.69, 9.17) is 4.98 Å². The molecule has 0 aliphatic heterocycles. The first-order valence-corrected chi connectivity index (χ1v) is 16.2. The van der Waals surface area contributed by atoms with E-state index in [2.05, 4.69) is 25.0 Å². The molecule has 15 heteroatoms. The minimum absolute atomic E-state index is 0.0490. The van der Waals surface area contributed by atoms with Crippen molar-refractivity contribution in [3.8, 4) is 21.8 Å². The molecule has 0 spiro atoms. The monoisotopic (exact) mass is 593 g/mol. The Morgan fingerprint density at radius 1 is 1.10 bits per heavy atom. The van der Waals surface area contributed by atoms with Crippen LogP contribution in [-0.4, -0.2) is 59.9 Å². The quantitative estimate of drug-likeness (QED) is 0.247. The number of aromatic nitrogens is 5. The number of nitrogens with one attached hydrogen (secondary N) is 2. The zero-order chi connectivity index (χ0) is 28.4. The lowest BCUT2D eigenvalue weighted by Gasteiger charge is -2.10. The van der Waals surface area contributed by atoms with Crippen molar-refractivity contribution in [3.05, 3.63) is 53.8 Å². The molecule has 3 heterocycles. The van der Waals surface area contributed by atoms with Gasteiger partial charge in [0.05, 0.1) is 39.0 Å². The summed E-state index contributed by atoms with van der Waals surface area (Å²) in [6.07, 6.45) is 5.83. The molecule has 0 bridgehead atoms. The number of rotatable bonds is 11. The summed E-state index contributed by atoms with van der Waals surface area (Å²) >= 11 is 1.43. The maximum Gasteiger partial charge on any atom is 0.281 e. The summed E-state index contributed by atoms with van der Waals surface area (Å²) in [7, 11) is -5.55. The summed E-state index contributed by atoms with van der Waals surface area (Å²) in [4.78, 5) is 18.1. The van der Waals surface area contributed by atoms with Gasteiger partial charge in [-0.05, 0) is 30.7 Å². The van der Waals surface area contributed by atoms with Crippen molar-refractivity contribution in [3.63, 3.8) is 0 Å². The van der Waals surface area contributed by atoms with Gasteiger partial charge in [-0.1, -0.05) is 13.8 Å². The maximum atomic E-state index is 14.7. The van der Waals surface area contributed by atoms with Gasteiger partial charge < -0.3 is 9.88 Å². The Morgan fingerprint density at radius 3 is 2.54 bits per heavy atom. The number of thiazole rings is 1. The molecular weight excluding hydrogens is 566 g/mol. The average Bonchev–Trinajstić information content (AvgIpc) is 3.50. The zero-order valence-electron chi connectivity index (χ0n) is 21.7. The summed E-state index contributed by atoms with van der Waals surface area (Å²) in [6, 6.07) is 5.82. The smallest absolute Gasteiger partial charge is 0.281 e. The van der Waals surface area contributed by atoms with Gasteiger partial charge in [-0.15, -0.1) is 11.3 Å². The number of hydrogen-bond acceptors (Lipinski definition) is 10. The number of nitrogens with zero attached hydrogens (tertiary/aromatic N) is 5. The molecule has 0 aliphatic rings. The van der Waals surface area contributed by atoms with E-state index in [0.717, 1.165) is 5.01 Å². The van der Waals surface area contributed by atoms with Crippen LogP contribution in [0.2, 0.25) is 0 Å². The molecule has 0 atom stereocenters. The molecule has 0 saturated carbocycles. The predicted octanol–water partition coefficient (Wildman–Crippen LogP) is 3.91. The van der Waals surface area contributed by atoms with Gasteiger partial charge in [-0.25, -0.2) is 32.7 Å². The number of imidazole rings is 1. The first kappa shape index (κ1) is 28.6. The standard InChI is InChI=1S/C24H28FN7O4S3/c1-15(2)23-30-21(22(37-23)18-8-10-27-24(29-18)26-9-5-11-38(4,33)34)16-6-7-17(25)19(12-16)31-39(35,36)20-13-32(3)14-28-20/h6-8,10,12-15,31H,5,9,11H2,1-4H3,(H,26,27,29). The molecule has 1 aromatic carbocycles. The third-order valence-corrected chi connectivity index (χ3v) is 9.10. The molecule has 11 nitrogen and oxygen atoms in total. The molecule has 0 amide bonds. The number of anilines is 2. The average molecular weight is 594 g/mol. The number of sulfonamides is 1. The van der Waals surface area contributed by atoms with E-state index >= 15 is 0 Å². The van der Waals surface area contributed by atoms with Gasteiger partial charge in [-0.3, -0.25) is 4.72 Å². The van der Waals surface area contributed by atoms with Crippen LogP contribution >= 0.6 is 11.3 Å². The van der Waals surface area contributed by atoms with Gasteiger partial charge >= 0.3 is 0 Å². The highest BCUT2D eigenvalue weighted by atomic mass is 32.2. The van der Waals surface area contributed by atoms with Crippen LogP contribution < -0.4 is 10.0 Å². The van der Waals surface area contributed by atoms with Crippen LogP contribution in [0.15, 0.2) is 48.0 Å². The van der Waals surface area contributed by atoms with Gasteiger partial charge in [0.2, 0.25) is 5.95 Å². The van der Waals surface area contributed by atoms with E-state index in [-0.39, 0.29) is 22.4 Å². The highest BCUT2D eigenvalue weighted by molar-refractivity contribution is 7.92. The highest BCUT2D eigenvalue weighted by Gasteiger charge is 2.22. The number of benzene rings is 1. The second-order valence-corrected chi connectivity index (χ2v) is 14.2. The van der Waals surface area contributed by atoms with Crippen LogP contribution in [0.25, 0.3) is 21.8 Å². The minimum atomic E-state index is -4.12. The summed E-state index contributed by atoms with van der Waals surface area (Å²) in [5.74, 6) is -0.274. The van der Waals surface area contributed by atoms with E-state index in [0.29, 0.717) is 40.7 Å². The largest absolute Gasteiger partial charge is 0.354 e. The second kappa shape index (κ2) is 11.4. The molecule has 39 heavy (non-hydrogen) atoms. The Balaban J connectivity index is 1.67. The molecule has 4 aromatic rings. The van der Waals surface area contributed by atoms with Crippen LogP contribution in [0.1, 0.15) is 31.2 Å². The number of hydrogen-bond donors (Lipinski definition) is 2. The molecule has 208 valence electrons. The first-order valence-electron chi connectivity index (χ1n) is 11.9. The Bertz CT molecular complexity index is 1700. The van der Waals surface area contributed by atoms with Crippen molar-refractivity contribution in [1.29, 1.82) is 0 Å². The number of sulfone groups is 1. The lowest BCUT2D eigenvalue weighted by atomic mass is 10.1. The topological polar surface area (TPSA) is 149 Å². The van der Waals surface area contributed by atoms with E-state index in [1.54, 1.807) is 19.3 Å². The van der Waals surface area contributed by atoms with Crippen LogP contribution in [-0.2, 0) is 26.9 Å². The molecule has 0 fully saturated rings. The van der Waals surface area contributed by atoms with Gasteiger partial charge in [-0.2, -0.15) is 8.42 Å². The number of halogens is 1. The molecule has 0 unspecified atom stereocenters. The van der Waals surface area contributed by atoms with Gasteiger partial charge in [0.25, 0.3) is 10.0 Å². The van der Waals surface area contributed by atoms with E-state index in [9.17, 15) is 21.2 Å². The fourth-order valence-electron chi connectivity index (χ4n) is 3.53. The van der Waals surface area contributed by atoms with Crippen molar-refractivity contribution >= 4 is 42.8 Å². The lowest BCUT2D eigenvalue weighted by Crippen LogP contribution is -2.14. The third kappa shape index (κ3) is 7.16. The molecule has 0 aliphatic carbocycles. The lowest BCUT2D eigenvalue weighted by molar-refractivity contribution is 0.595. The Kier molecular flexibility index (Phi) is 8.32. The van der Waals surface area contributed by atoms with Crippen molar-refractivity contribution in [2.24, 2.45) is 7.05 Å². The second-order valence-electron chi connectivity index (χ2n) is 9.24. The Hall–Kier alpha value is -3.43. The molecule has 3 aromatic heterocycles. The normalized spacial score (nSPS) is 12.2. The van der Waals surface area contributed by atoms with Gasteiger partial charge in [0.1, 0.15) is 15.7 Å². The molecule has 2 N–H and O–H groups in total. The predicted molar refractivity (Wildman–Crippen MR) is 149 cm³/mol. The molecule has 4 rings (SSSR count). The van der Waals surface area contributed by atoms with Crippen molar-refractivity contribution in [2.45, 2.75) is 31.2 Å². The van der Waals surface area contributed by atoms with Crippen LogP contribution in [0.3, 0.4) is 0 Å². The molecular formula is C24H28FN7O4S3. The van der Waals surface area contributed by atoms with Crippen molar-refractivity contribution in [1.82, 2.24) is 24.5 Å². The summed E-state index contributed by atoms with van der Waals surface area (Å²) in [5.41, 5.74) is 1.34. The van der Waals surface area contributed by atoms with Gasteiger partial charge in [0.15, 0.2) is 5.03 Å². The summed E-state index contributed by atoms with van der Waals surface area (Å²) < 4.78 is 66.8. The Morgan fingerprint density at radius 2 is 1.87 bits per heavy atom. The van der Waals surface area contributed by atoms with E-state index in [1.807, 2.05) is 13.8 Å². The summed E-state index contributed by atoms with van der Waals surface area (Å²) in [6.45, 7) is 4.37. The molecule has 0 radical (unpaired) electrons.